The molecule has 0 saturated carbocycles. The molecule has 1 aliphatic heterocycles. The van der Waals surface area contributed by atoms with E-state index in [1.54, 1.807) is 25.1 Å². The summed E-state index contributed by atoms with van der Waals surface area (Å²) in [7, 11) is -3.62. The van der Waals surface area contributed by atoms with Crippen LogP contribution in [0, 0.1) is 6.92 Å². The molecule has 0 N–H and O–H groups in total. The van der Waals surface area contributed by atoms with E-state index in [0.29, 0.717) is 44.9 Å². The Hall–Kier alpha value is -2.38. The number of para-hydroxylation sites is 1. The van der Waals surface area contributed by atoms with Crippen LogP contribution in [0.3, 0.4) is 0 Å². The van der Waals surface area contributed by atoms with Gasteiger partial charge < -0.3 is 4.74 Å². The molecule has 5 nitrogen and oxygen atoms in total. The first-order valence-electron chi connectivity index (χ1n) is 10.7. The molecule has 0 aromatic heterocycles. The molecule has 0 spiro atoms. The molecule has 3 aromatic rings. The van der Waals surface area contributed by atoms with Crippen LogP contribution in [0.15, 0.2) is 77.7 Å². The van der Waals surface area contributed by atoms with Crippen molar-refractivity contribution in [3.63, 3.8) is 0 Å². The monoisotopic (exact) mass is 470 g/mol. The van der Waals surface area contributed by atoms with E-state index in [-0.39, 0.29) is 9.92 Å². The van der Waals surface area contributed by atoms with Gasteiger partial charge in [0.2, 0.25) is 10.0 Å². The van der Waals surface area contributed by atoms with Gasteiger partial charge in [-0.25, -0.2) is 8.42 Å². The van der Waals surface area contributed by atoms with Gasteiger partial charge in [0, 0.05) is 38.3 Å². The molecule has 3 aromatic carbocycles. The summed E-state index contributed by atoms with van der Waals surface area (Å²) in [6.07, 6.45) is 0. The average molecular weight is 471 g/mol. The van der Waals surface area contributed by atoms with Crippen molar-refractivity contribution < 1.29 is 13.2 Å². The molecular formula is C25H27ClN2O3S. The third-order valence-electron chi connectivity index (χ3n) is 5.70. The number of rotatable bonds is 7. The van der Waals surface area contributed by atoms with Crippen LogP contribution in [-0.4, -0.2) is 43.8 Å². The zero-order valence-corrected chi connectivity index (χ0v) is 19.6. The smallest absolute Gasteiger partial charge is 0.244 e. The number of halogens is 1. The van der Waals surface area contributed by atoms with Gasteiger partial charge in [0.25, 0.3) is 0 Å². The Morgan fingerprint density at radius 2 is 1.56 bits per heavy atom. The lowest BCUT2D eigenvalue weighted by Gasteiger charge is -2.34. The minimum atomic E-state index is -3.62. The first-order valence-corrected chi connectivity index (χ1v) is 12.5. The van der Waals surface area contributed by atoms with Gasteiger partial charge in [-0.15, -0.1) is 0 Å². The van der Waals surface area contributed by atoms with Crippen molar-refractivity contribution >= 4 is 21.6 Å². The number of nitrogens with zero attached hydrogens (tertiary/aromatic N) is 2. The van der Waals surface area contributed by atoms with E-state index in [1.807, 2.05) is 48.5 Å². The SMILES string of the molecule is Cc1cccc(Cl)c1S(=O)(=O)N1CCN(Cc2ccccc2OCc2ccccc2)CC1. The molecule has 1 aliphatic rings. The Morgan fingerprint density at radius 3 is 2.28 bits per heavy atom. The highest BCUT2D eigenvalue weighted by molar-refractivity contribution is 7.89. The maximum atomic E-state index is 13.2. The van der Waals surface area contributed by atoms with Crippen molar-refractivity contribution in [3.8, 4) is 5.75 Å². The quantitative estimate of drug-likeness (QED) is 0.500. The summed E-state index contributed by atoms with van der Waals surface area (Å²) in [5.41, 5.74) is 2.89. The lowest BCUT2D eigenvalue weighted by atomic mass is 10.1. The predicted octanol–water partition coefficient (Wildman–Crippen LogP) is 4.73. The van der Waals surface area contributed by atoms with Crippen LogP contribution in [0.2, 0.25) is 5.02 Å². The van der Waals surface area contributed by atoms with E-state index in [2.05, 4.69) is 11.0 Å². The number of aryl methyl sites for hydroxylation is 1. The fraction of sp³-hybridized carbons (Fsp3) is 0.280. The minimum absolute atomic E-state index is 0.217. The largest absolute Gasteiger partial charge is 0.489 e. The summed E-state index contributed by atoms with van der Waals surface area (Å²) in [6.45, 7) is 5.16. The number of hydrogen-bond acceptors (Lipinski definition) is 4. The van der Waals surface area contributed by atoms with Gasteiger partial charge in [-0.05, 0) is 30.2 Å². The topological polar surface area (TPSA) is 49.9 Å². The van der Waals surface area contributed by atoms with Gasteiger partial charge in [0.05, 0.1) is 5.02 Å². The molecule has 168 valence electrons. The van der Waals surface area contributed by atoms with Gasteiger partial charge in [-0.3, -0.25) is 4.90 Å². The van der Waals surface area contributed by atoms with E-state index < -0.39 is 10.0 Å². The second-order valence-electron chi connectivity index (χ2n) is 7.95. The lowest BCUT2D eigenvalue weighted by molar-refractivity contribution is 0.178. The molecule has 0 radical (unpaired) electrons. The fourth-order valence-electron chi connectivity index (χ4n) is 3.95. The van der Waals surface area contributed by atoms with Crippen LogP contribution in [-0.2, 0) is 23.2 Å². The highest BCUT2D eigenvalue weighted by atomic mass is 35.5. The second-order valence-corrected chi connectivity index (χ2v) is 10.2. The van der Waals surface area contributed by atoms with Gasteiger partial charge in [0.1, 0.15) is 17.3 Å². The lowest BCUT2D eigenvalue weighted by Crippen LogP contribution is -2.48. The van der Waals surface area contributed by atoms with E-state index in [9.17, 15) is 8.42 Å². The van der Waals surface area contributed by atoms with Crippen LogP contribution in [0.25, 0.3) is 0 Å². The molecule has 0 amide bonds. The summed E-state index contributed by atoms with van der Waals surface area (Å²) < 4.78 is 34.0. The Kier molecular flexibility index (Phi) is 7.16. The molecule has 1 heterocycles. The third-order valence-corrected chi connectivity index (χ3v) is 8.23. The standard InChI is InChI=1S/C25H27ClN2O3S/c1-20-8-7-12-23(26)25(20)32(29,30)28-16-14-27(15-17-28)18-22-11-5-6-13-24(22)31-19-21-9-3-2-4-10-21/h2-13H,14-19H2,1H3. The number of sulfonamides is 1. The summed E-state index contributed by atoms with van der Waals surface area (Å²) in [5.74, 6) is 0.859. The molecule has 4 rings (SSSR count). The highest BCUT2D eigenvalue weighted by Crippen LogP contribution is 2.29. The second kappa shape index (κ2) is 10.0. The summed E-state index contributed by atoms with van der Waals surface area (Å²) in [6, 6.07) is 23.3. The zero-order chi connectivity index (χ0) is 22.6. The molecule has 1 fully saturated rings. The van der Waals surface area contributed by atoms with Crippen molar-refractivity contribution in [1.82, 2.24) is 9.21 Å². The molecule has 1 saturated heterocycles. The van der Waals surface area contributed by atoms with E-state index in [4.69, 9.17) is 16.3 Å². The zero-order valence-electron chi connectivity index (χ0n) is 18.1. The highest BCUT2D eigenvalue weighted by Gasteiger charge is 2.31. The van der Waals surface area contributed by atoms with Crippen LogP contribution in [0.4, 0.5) is 0 Å². The molecule has 32 heavy (non-hydrogen) atoms. The number of benzene rings is 3. The Balaban J connectivity index is 1.39. The minimum Gasteiger partial charge on any atom is -0.489 e. The van der Waals surface area contributed by atoms with E-state index in [1.165, 1.54) is 4.31 Å². The molecule has 0 unspecified atom stereocenters. The fourth-order valence-corrected chi connectivity index (χ4v) is 6.16. The van der Waals surface area contributed by atoms with E-state index in [0.717, 1.165) is 16.9 Å². The van der Waals surface area contributed by atoms with Gasteiger partial charge in [-0.2, -0.15) is 4.31 Å². The third kappa shape index (κ3) is 5.15. The Morgan fingerprint density at radius 1 is 0.875 bits per heavy atom. The van der Waals surface area contributed by atoms with Gasteiger partial charge in [0.15, 0.2) is 0 Å². The molecule has 0 aliphatic carbocycles. The summed E-state index contributed by atoms with van der Waals surface area (Å²) in [4.78, 5) is 2.48. The van der Waals surface area contributed by atoms with E-state index >= 15 is 0 Å². The van der Waals surface area contributed by atoms with Crippen molar-refractivity contribution in [2.75, 3.05) is 26.2 Å². The number of ether oxygens (including phenoxy) is 1. The van der Waals surface area contributed by atoms with Crippen molar-refractivity contribution in [1.29, 1.82) is 0 Å². The summed E-state index contributed by atoms with van der Waals surface area (Å²) in [5, 5.41) is 0.275. The predicted molar refractivity (Wildman–Crippen MR) is 127 cm³/mol. The van der Waals surface area contributed by atoms with Crippen molar-refractivity contribution in [3.05, 3.63) is 94.5 Å². The normalized spacial score (nSPS) is 15.6. The average Bonchev–Trinajstić information content (AvgIpc) is 2.79. The molecular weight excluding hydrogens is 444 g/mol. The van der Waals surface area contributed by atoms with Crippen molar-refractivity contribution in [2.24, 2.45) is 0 Å². The first-order chi connectivity index (χ1) is 15.4. The van der Waals surface area contributed by atoms with Crippen LogP contribution >= 0.6 is 11.6 Å². The van der Waals surface area contributed by atoms with Gasteiger partial charge >= 0.3 is 0 Å². The summed E-state index contributed by atoms with van der Waals surface area (Å²) >= 11 is 6.23. The molecule has 0 atom stereocenters. The number of piperazine rings is 1. The first kappa shape index (κ1) is 22.8. The maximum Gasteiger partial charge on any atom is 0.244 e. The van der Waals surface area contributed by atoms with Crippen LogP contribution < -0.4 is 4.74 Å². The van der Waals surface area contributed by atoms with Crippen molar-refractivity contribution in [2.45, 2.75) is 25.0 Å². The number of hydrogen-bond donors (Lipinski definition) is 0. The maximum absolute atomic E-state index is 13.2. The molecule has 7 heteroatoms. The Bertz CT molecular complexity index is 1140. The molecule has 0 bridgehead atoms. The van der Waals surface area contributed by atoms with Gasteiger partial charge in [-0.1, -0.05) is 72.3 Å². The Labute approximate surface area is 195 Å². The van der Waals surface area contributed by atoms with Crippen LogP contribution in [0.5, 0.6) is 5.75 Å². The van der Waals surface area contributed by atoms with Crippen LogP contribution in [0.1, 0.15) is 16.7 Å².